The van der Waals surface area contributed by atoms with E-state index >= 15 is 0 Å². The van der Waals surface area contributed by atoms with Crippen molar-refractivity contribution in [3.05, 3.63) is 59.3 Å². The Morgan fingerprint density at radius 2 is 1.96 bits per heavy atom. The van der Waals surface area contributed by atoms with Crippen LogP contribution in [0.15, 0.2) is 42.5 Å². The third kappa shape index (κ3) is 2.58. The normalized spacial score (nSPS) is 12.6. The fourth-order valence-corrected chi connectivity index (χ4v) is 2.95. The molecule has 0 unspecified atom stereocenters. The fourth-order valence-electron chi connectivity index (χ4n) is 2.95. The van der Waals surface area contributed by atoms with Crippen molar-refractivity contribution in [3.8, 4) is 11.5 Å². The summed E-state index contributed by atoms with van der Waals surface area (Å²) in [5.74, 6) is 1.44. The molecule has 0 aliphatic carbocycles. The van der Waals surface area contributed by atoms with E-state index in [1.807, 2.05) is 49.4 Å². The highest BCUT2D eigenvalue weighted by atomic mass is 16.7. The topological polar surface area (TPSA) is 54.6 Å². The summed E-state index contributed by atoms with van der Waals surface area (Å²) in [4.78, 5) is 17.6. The van der Waals surface area contributed by atoms with Crippen LogP contribution in [0.2, 0.25) is 0 Å². The van der Waals surface area contributed by atoms with Crippen LogP contribution in [-0.2, 0) is 6.54 Å². The molecule has 4 rings (SSSR count). The molecule has 1 N–H and O–H groups in total. The number of benzene rings is 2. The molecule has 5 heteroatoms. The van der Waals surface area contributed by atoms with Gasteiger partial charge in [0.15, 0.2) is 11.5 Å². The highest BCUT2D eigenvalue weighted by Gasteiger charge is 2.17. The van der Waals surface area contributed by atoms with E-state index < -0.39 is 0 Å². The monoisotopic (exact) mass is 322 g/mol. The summed E-state index contributed by atoms with van der Waals surface area (Å²) in [7, 11) is 1.80. The van der Waals surface area contributed by atoms with Crippen molar-refractivity contribution in [1.82, 2.24) is 9.88 Å². The van der Waals surface area contributed by atoms with Gasteiger partial charge in [0, 0.05) is 24.5 Å². The summed E-state index contributed by atoms with van der Waals surface area (Å²) in [5.41, 5.74) is 3.74. The van der Waals surface area contributed by atoms with Gasteiger partial charge in [0.05, 0.1) is 0 Å². The van der Waals surface area contributed by atoms with Gasteiger partial charge in [0.1, 0.15) is 5.69 Å². The predicted molar refractivity (Wildman–Crippen MR) is 91.4 cm³/mol. The maximum Gasteiger partial charge on any atom is 0.270 e. The van der Waals surface area contributed by atoms with Crippen LogP contribution in [0.5, 0.6) is 11.5 Å². The average molecular weight is 322 g/mol. The Kier molecular flexibility index (Phi) is 3.41. The highest BCUT2D eigenvalue weighted by molar-refractivity contribution is 5.98. The predicted octanol–water partition coefficient (Wildman–Crippen LogP) is 3.48. The summed E-state index contributed by atoms with van der Waals surface area (Å²) in [6.07, 6.45) is 0. The molecule has 0 bridgehead atoms. The first-order chi connectivity index (χ1) is 11.6. The van der Waals surface area contributed by atoms with Crippen LogP contribution < -0.4 is 9.47 Å². The van der Waals surface area contributed by atoms with Gasteiger partial charge in [-0.15, -0.1) is 0 Å². The Labute approximate surface area is 139 Å². The van der Waals surface area contributed by atoms with E-state index in [0.29, 0.717) is 12.2 Å². The zero-order valence-corrected chi connectivity index (χ0v) is 13.6. The molecule has 1 aromatic heterocycles. The summed E-state index contributed by atoms with van der Waals surface area (Å²) in [5, 5.41) is 1.04. The zero-order valence-electron chi connectivity index (χ0n) is 13.6. The Bertz CT molecular complexity index is 930. The van der Waals surface area contributed by atoms with Crippen LogP contribution >= 0.6 is 0 Å². The molecule has 2 aromatic carbocycles. The van der Waals surface area contributed by atoms with Gasteiger partial charge in [-0.1, -0.05) is 18.2 Å². The summed E-state index contributed by atoms with van der Waals surface area (Å²) < 4.78 is 10.7. The number of aromatic nitrogens is 1. The van der Waals surface area contributed by atoms with Crippen LogP contribution in [0.4, 0.5) is 0 Å². The average Bonchev–Trinajstić information content (AvgIpc) is 3.19. The van der Waals surface area contributed by atoms with E-state index in [2.05, 4.69) is 4.98 Å². The molecular weight excluding hydrogens is 304 g/mol. The highest BCUT2D eigenvalue weighted by Crippen LogP contribution is 2.32. The van der Waals surface area contributed by atoms with Gasteiger partial charge in [-0.05, 0) is 42.3 Å². The summed E-state index contributed by atoms with van der Waals surface area (Å²) in [6.45, 7) is 2.79. The van der Waals surface area contributed by atoms with Crippen LogP contribution in [0.1, 0.15) is 21.6 Å². The molecular formula is C19H18N2O3. The smallest absolute Gasteiger partial charge is 0.270 e. The van der Waals surface area contributed by atoms with Gasteiger partial charge in [-0.3, -0.25) is 4.79 Å². The van der Waals surface area contributed by atoms with Crippen molar-refractivity contribution in [2.24, 2.45) is 0 Å². The molecule has 0 fully saturated rings. The van der Waals surface area contributed by atoms with Gasteiger partial charge in [0.25, 0.3) is 5.91 Å². The second-order valence-corrected chi connectivity index (χ2v) is 6.12. The van der Waals surface area contributed by atoms with E-state index in [1.165, 1.54) is 0 Å². The molecule has 0 atom stereocenters. The molecule has 0 saturated carbocycles. The second-order valence-electron chi connectivity index (χ2n) is 6.12. The number of nitrogens with zero attached hydrogens (tertiary/aromatic N) is 1. The quantitative estimate of drug-likeness (QED) is 0.803. The van der Waals surface area contributed by atoms with Gasteiger partial charge in [-0.2, -0.15) is 0 Å². The number of hydrogen-bond acceptors (Lipinski definition) is 3. The van der Waals surface area contributed by atoms with Gasteiger partial charge in [-0.25, -0.2) is 0 Å². The second kappa shape index (κ2) is 5.60. The molecule has 2 heterocycles. The molecule has 0 radical (unpaired) electrons. The molecule has 5 nitrogen and oxygen atoms in total. The molecule has 1 aliphatic heterocycles. The number of aromatic amines is 1. The van der Waals surface area contributed by atoms with E-state index in [0.717, 1.165) is 33.5 Å². The number of carbonyl (C=O) groups excluding carboxylic acids is 1. The molecule has 24 heavy (non-hydrogen) atoms. The lowest BCUT2D eigenvalue weighted by Gasteiger charge is -2.16. The standard InChI is InChI=1S/C19H18N2O3/c1-12-3-5-14-9-16(20-15(14)7-12)19(22)21(2)10-13-4-6-17-18(8-13)24-11-23-17/h3-9,20H,10-11H2,1-2H3. The van der Waals surface area contributed by atoms with E-state index in [9.17, 15) is 4.79 Å². The Morgan fingerprint density at radius 1 is 1.12 bits per heavy atom. The van der Waals surface area contributed by atoms with Gasteiger partial charge < -0.3 is 19.4 Å². The van der Waals surface area contributed by atoms with Crippen LogP contribution in [-0.4, -0.2) is 29.6 Å². The lowest BCUT2D eigenvalue weighted by molar-refractivity contribution is 0.0780. The molecule has 1 aliphatic rings. The first-order valence-electron chi connectivity index (χ1n) is 7.83. The van der Waals surface area contributed by atoms with Crippen LogP contribution in [0.25, 0.3) is 10.9 Å². The van der Waals surface area contributed by atoms with Crippen molar-refractivity contribution in [2.45, 2.75) is 13.5 Å². The third-order valence-electron chi connectivity index (χ3n) is 4.21. The minimum atomic E-state index is -0.0403. The maximum atomic E-state index is 12.7. The van der Waals surface area contributed by atoms with Crippen molar-refractivity contribution in [1.29, 1.82) is 0 Å². The fraction of sp³-hybridized carbons (Fsp3) is 0.211. The lowest BCUT2D eigenvalue weighted by atomic mass is 10.2. The molecule has 122 valence electrons. The Balaban J connectivity index is 1.54. The number of nitrogens with one attached hydrogen (secondary N) is 1. The van der Waals surface area contributed by atoms with E-state index in [4.69, 9.17) is 9.47 Å². The number of rotatable bonds is 3. The summed E-state index contributed by atoms with van der Waals surface area (Å²) in [6, 6.07) is 13.8. The van der Waals surface area contributed by atoms with E-state index in [1.54, 1.807) is 11.9 Å². The third-order valence-corrected chi connectivity index (χ3v) is 4.21. The van der Waals surface area contributed by atoms with Crippen molar-refractivity contribution < 1.29 is 14.3 Å². The first kappa shape index (κ1) is 14.6. The zero-order chi connectivity index (χ0) is 16.7. The summed E-state index contributed by atoms with van der Waals surface area (Å²) >= 11 is 0. The largest absolute Gasteiger partial charge is 0.454 e. The molecule has 0 spiro atoms. The number of H-pyrrole nitrogens is 1. The number of hydrogen-bond donors (Lipinski definition) is 1. The minimum absolute atomic E-state index is 0.0403. The van der Waals surface area contributed by atoms with Gasteiger partial charge in [0.2, 0.25) is 6.79 Å². The number of aryl methyl sites for hydroxylation is 1. The molecule has 3 aromatic rings. The van der Waals surface area contributed by atoms with Crippen LogP contribution in [0.3, 0.4) is 0 Å². The van der Waals surface area contributed by atoms with Crippen molar-refractivity contribution in [2.75, 3.05) is 13.8 Å². The number of carbonyl (C=O) groups is 1. The molecule has 0 saturated heterocycles. The SMILES string of the molecule is Cc1ccc2cc(C(=O)N(C)Cc3ccc4c(c3)OCO4)[nH]c2c1. The lowest BCUT2D eigenvalue weighted by Crippen LogP contribution is -2.26. The maximum absolute atomic E-state index is 12.7. The van der Waals surface area contributed by atoms with Crippen molar-refractivity contribution >= 4 is 16.8 Å². The van der Waals surface area contributed by atoms with Crippen molar-refractivity contribution in [3.63, 3.8) is 0 Å². The Hall–Kier alpha value is -2.95. The number of fused-ring (bicyclic) bond motifs is 2. The van der Waals surface area contributed by atoms with Gasteiger partial charge >= 0.3 is 0 Å². The Morgan fingerprint density at radius 3 is 2.83 bits per heavy atom. The first-order valence-corrected chi connectivity index (χ1v) is 7.83. The molecule has 1 amide bonds. The minimum Gasteiger partial charge on any atom is -0.454 e. The van der Waals surface area contributed by atoms with Crippen LogP contribution in [0, 0.1) is 6.92 Å². The number of ether oxygens (including phenoxy) is 2. The number of amides is 1. The van der Waals surface area contributed by atoms with E-state index in [-0.39, 0.29) is 12.7 Å².